The summed E-state index contributed by atoms with van der Waals surface area (Å²) in [6.07, 6.45) is -3.18. The van der Waals surface area contributed by atoms with Crippen LogP contribution < -0.4 is 0 Å². The maximum absolute atomic E-state index is 13.4. The number of amides is 1. The molecular weight excluding hydrogens is 286 g/mol. The van der Waals surface area contributed by atoms with Gasteiger partial charge in [0.2, 0.25) is 5.91 Å². The van der Waals surface area contributed by atoms with Gasteiger partial charge < -0.3 is 4.90 Å². The molecule has 0 bridgehead atoms. The van der Waals surface area contributed by atoms with E-state index >= 15 is 0 Å². The van der Waals surface area contributed by atoms with Gasteiger partial charge in [-0.2, -0.15) is 0 Å². The van der Waals surface area contributed by atoms with E-state index in [1.54, 1.807) is 0 Å². The summed E-state index contributed by atoms with van der Waals surface area (Å²) in [5.41, 5.74) is -0.168. The quantitative estimate of drug-likeness (QED) is 0.584. The maximum Gasteiger partial charge on any atom is 0.255 e. The lowest BCUT2D eigenvalue weighted by molar-refractivity contribution is -0.132. The molecule has 1 amide bonds. The average Bonchev–Trinajstić information content (AvgIpc) is 2.34. The van der Waals surface area contributed by atoms with Crippen molar-refractivity contribution in [2.75, 3.05) is 19.0 Å². The van der Waals surface area contributed by atoms with E-state index in [1.807, 2.05) is 0 Å². The summed E-state index contributed by atoms with van der Waals surface area (Å²) in [4.78, 5) is 12.6. The molecule has 0 aliphatic rings. The predicted octanol–water partition coefficient (Wildman–Crippen LogP) is 2.84. The van der Waals surface area contributed by atoms with E-state index in [0.717, 1.165) is 11.0 Å². The van der Waals surface area contributed by atoms with Crippen molar-refractivity contribution in [1.82, 2.24) is 4.90 Å². The van der Waals surface area contributed by atoms with Crippen LogP contribution in [0.5, 0.6) is 0 Å². The second-order valence-electron chi connectivity index (χ2n) is 3.81. The monoisotopic (exact) mass is 297 g/mol. The molecule has 19 heavy (non-hydrogen) atoms. The van der Waals surface area contributed by atoms with E-state index in [9.17, 15) is 22.4 Å². The van der Waals surface area contributed by atoms with Crippen molar-refractivity contribution in [1.29, 1.82) is 0 Å². The third kappa shape index (κ3) is 4.70. The molecule has 1 rings (SSSR count). The van der Waals surface area contributed by atoms with E-state index in [1.165, 1.54) is 12.1 Å². The number of hydrogen-bond donors (Lipinski definition) is 0. The van der Waals surface area contributed by atoms with Gasteiger partial charge in [0.15, 0.2) is 11.6 Å². The first kappa shape index (κ1) is 15.8. The van der Waals surface area contributed by atoms with Gasteiger partial charge in [-0.3, -0.25) is 4.79 Å². The Balaban J connectivity index is 2.78. The van der Waals surface area contributed by atoms with Crippen LogP contribution in [0.2, 0.25) is 0 Å². The predicted molar refractivity (Wildman–Crippen MR) is 63.4 cm³/mol. The smallest absolute Gasteiger partial charge is 0.255 e. The molecule has 0 unspecified atom stereocenters. The Morgan fingerprint density at radius 3 is 2.58 bits per heavy atom. The summed E-state index contributed by atoms with van der Waals surface area (Å²) >= 11 is 5.41. The molecule has 0 aliphatic heterocycles. The molecule has 2 nitrogen and oxygen atoms in total. The molecule has 0 saturated carbocycles. The lowest BCUT2D eigenvalue weighted by atomic mass is 10.1. The van der Waals surface area contributed by atoms with Crippen LogP contribution in [0.3, 0.4) is 0 Å². The van der Waals surface area contributed by atoms with Gasteiger partial charge in [-0.1, -0.05) is 12.1 Å². The van der Waals surface area contributed by atoms with Gasteiger partial charge in [0.1, 0.15) is 0 Å². The van der Waals surface area contributed by atoms with Crippen molar-refractivity contribution in [3.8, 4) is 0 Å². The van der Waals surface area contributed by atoms with E-state index in [-0.39, 0.29) is 18.0 Å². The highest BCUT2D eigenvalue weighted by Crippen LogP contribution is 2.13. The van der Waals surface area contributed by atoms with Gasteiger partial charge in [-0.15, -0.1) is 11.6 Å². The van der Waals surface area contributed by atoms with Crippen LogP contribution in [0.15, 0.2) is 18.2 Å². The van der Waals surface area contributed by atoms with Crippen molar-refractivity contribution >= 4 is 17.5 Å². The molecule has 1 aromatic carbocycles. The minimum atomic E-state index is -2.70. The first-order valence-corrected chi connectivity index (χ1v) is 6.04. The number of hydrogen-bond acceptors (Lipinski definition) is 1. The van der Waals surface area contributed by atoms with Crippen LogP contribution in [0, 0.1) is 11.6 Å². The molecule has 0 heterocycles. The lowest BCUT2D eigenvalue weighted by Crippen LogP contribution is -2.37. The first-order valence-electron chi connectivity index (χ1n) is 5.50. The Kier molecular flexibility index (Phi) is 6.08. The minimum absolute atomic E-state index is 0.00983. The Hall–Kier alpha value is -1.30. The summed E-state index contributed by atoms with van der Waals surface area (Å²) in [6.45, 7) is -0.843. The number of nitrogens with zero attached hydrogens (tertiary/aromatic N) is 1. The van der Waals surface area contributed by atoms with Gasteiger partial charge in [0, 0.05) is 18.0 Å². The van der Waals surface area contributed by atoms with Crippen LogP contribution in [-0.4, -0.2) is 36.2 Å². The van der Waals surface area contributed by atoms with Crippen LogP contribution in [0.25, 0.3) is 0 Å². The van der Waals surface area contributed by atoms with E-state index < -0.39 is 36.9 Å². The summed E-state index contributed by atoms with van der Waals surface area (Å²) in [7, 11) is 0. The zero-order valence-electron chi connectivity index (χ0n) is 9.88. The van der Waals surface area contributed by atoms with Gasteiger partial charge >= 0.3 is 0 Å². The fourth-order valence-corrected chi connectivity index (χ4v) is 1.75. The van der Waals surface area contributed by atoms with Gasteiger partial charge in [0.05, 0.1) is 13.0 Å². The molecule has 0 atom stereocenters. The maximum atomic E-state index is 13.4. The Morgan fingerprint density at radius 2 is 2.00 bits per heavy atom. The van der Waals surface area contributed by atoms with Crippen LogP contribution >= 0.6 is 11.6 Å². The molecule has 0 aromatic heterocycles. The number of rotatable bonds is 6. The fourth-order valence-electron chi connectivity index (χ4n) is 1.55. The molecule has 0 fully saturated rings. The third-order valence-electron chi connectivity index (χ3n) is 2.44. The van der Waals surface area contributed by atoms with Gasteiger partial charge in [-0.25, -0.2) is 17.6 Å². The number of carbonyl (C=O) groups is 1. The molecule has 106 valence electrons. The zero-order chi connectivity index (χ0) is 14.4. The Bertz CT molecular complexity index is 442. The number of carbonyl (C=O) groups excluding carboxylic acids is 1. The molecule has 0 spiro atoms. The number of halogens is 5. The molecule has 0 N–H and O–H groups in total. The largest absolute Gasteiger partial charge is 0.335 e. The van der Waals surface area contributed by atoms with E-state index in [0.29, 0.717) is 0 Å². The average molecular weight is 298 g/mol. The first-order chi connectivity index (χ1) is 8.95. The topological polar surface area (TPSA) is 20.3 Å². The molecule has 0 aliphatic carbocycles. The number of alkyl halides is 3. The molecule has 0 saturated heterocycles. The second-order valence-corrected chi connectivity index (χ2v) is 4.19. The van der Waals surface area contributed by atoms with Crippen molar-refractivity contribution in [3.63, 3.8) is 0 Å². The summed E-state index contributed by atoms with van der Waals surface area (Å²) < 4.78 is 50.9. The Labute approximate surface area is 113 Å². The lowest BCUT2D eigenvalue weighted by Gasteiger charge is -2.21. The fraction of sp³-hybridized carbons (Fsp3) is 0.417. The highest BCUT2D eigenvalue weighted by atomic mass is 35.5. The van der Waals surface area contributed by atoms with Crippen molar-refractivity contribution in [2.45, 2.75) is 12.8 Å². The van der Waals surface area contributed by atoms with Crippen molar-refractivity contribution in [2.24, 2.45) is 0 Å². The number of benzene rings is 1. The summed E-state index contributed by atoms with van der Waals surface area (Å²) in [5.74, 6) is -2.95. The summed E-state index contributed by atoms with van der Waals surface area (Å²) in [5, 5.41) is 0. The van der Waals surface area contributed by atoms with Crippen LogP contribution in [0.4, 0.5) is 17.6 Å². The highest BCUT2D eigenvalue weighted by Gasteiger charge is 2.20. The van der Waals surface area contributed by atoms with E-state index in [2.05, 4.69) is 0 Å². The normalized spacial score (nSPS) is 10.8. The molecule has 7 heteroatoms. The van der Waals surface area contributed by atoms with E-state index in [4.69, 9.17) is 11.6 Å². The van der Waals surface area contributed by atoms with Crippen molar-refractivity contribution < 1.29 is 22.4 Å². The van der Waals surface area contributed by atoms with Gasteiger partial charge in [0.25, 0.3) is 6.43 Å². The standard InChI is InChI=1S/C12H12ClF4NO/c13-4-5-18(7-10(15)16)11(19)6-8-2-1-3-9(14)12(8)17/h1-3,10H,4-7H2. The van der Waals surface area contributed by atoms with Crippen molar-refractivity contribution in [3.05, 3.63) is 35.4 Å². The third-order valence-corrected chi connectivity index (χ3v) is 2.61. The zero-order valence-corrected chi connectivity index (χ0v) is 10.6. The van der Waals surface area contributed by atoms with Gasteiger partial charge in [-0.05, 0) is 6.07 Å². The highest BCUT2D eigenvalue weighted by molar-refractivity contribution is 6.18. The SMILES string of the molecule is O=C(Cc1cccc(F)c1F)N(CCCl)CC(F)F. The minimum Gasteiger partial charge on any atom is -0.335 e. The summed E-state index contributed by atoms with van der Waals surface area (Å²) in [6, 6.07) is 3.40. The van der Waals surface area contributed by atoms with Crippen LogP contribution in [-0.2, 0) is 11.2 Å². The molecule has 0 radical (unpaired) electrons. The molecule has 1 aromatic rings. The Morgan fingerprint density at radius 1 is 1.32 bits per heavy atom. The second kappa shape index (κ2) is 7.33. The van der Waals surface area contributed by atoms with Crippen LogP contribution in [0.1, 0.15) is 5.56 Å². The molecular formula is C12H12ClF4NO.